The van der Waals surface area contributed by atoms with Gasteiger partial charge in [0, 0.05) is 38.2 Å². The Morgan fingerprint density at radius 3 is 2.29 bits per heavy atom. The van der Waals surface area contributed by atoms with Crippen molar-refractivity contribution in [1.29, 1.82) is 0 Å². The van der Waals surface area contributed by atoms with Crippen molar-refractivity contribution in [3.63, 3.8) is 0 Å². The van der Waals surface area contributed by atoms with Crippen LogP contribution in [0.3, 0.4) is 0 Å². The Morgan fingerprint density at radius 1 is 0.868 bits per heavy atom. The number of hydrogen-bond acceptors (Lipinski definition) is 7. The second-order valence-electron chi connectivity index (χ2n) is 8.73. The van der Waals surface area contributed by atoms with Crippen LogP contribution in [0.5, 0.6) is 0 Å². The minimum Gasteiger partial charge on any atom is -0.480 e. The fourth-order valence-corrected chi connectivity index (χ4v) is 5.26. The fraction of sp³-hybridized carbons (Fsp3) is 0.179. The first-order valence-corrected chi connectivity index (χ1v) is 13.4. The largest absolute Gasteiger partial charge is 0.480 e. The predicted octanol–water partition coefficient (Wildman–Crippen LogP) is 4.00. The summed E-state index contributed by atoms with van der Waals surface area (Å²) in [6, 6.07) is 26.1. The van der Waals surface area contributed by atoms with E-state index in [4.69, 9.17) is 5.11 Å². The van der Waals surface area contributed by atoms with Gasteiger partial charge in [-0.2, -0.15) is 4.31 Å². The molecule has 9 nitrogen and oxygen atoms in total. The number of pyridine rings is 2. The van der Waals surface area contributed by atoms with Crippen molar-refractivity contribution < 1.29 is 18.3 Å². The smallest absolute Gasteiger partial charge is 0.322 e. The first-order chi connectivity index (χ1) is 18.3. The molecule has 196 valence electrons. The van der Waals surface area contributed by atoms with Crippen LogP contribution in [0.4, 0.5) is 11.5 Å². The van der Waals surface area contributed by atoms with E-state index in [0.29, 0.717) is 11.5 Å². The van der Waals surface area contributed by atoms with Gasteiger partial charge in [-0.3, -0.25) is 9.78 Å². The monoisotopic (exact) mass is 531 g/mol. The summed E-state index contributed by atoms with van der Waals surface area (Å²) in [5.41, 5.74) is 3.50. The summed E-state index contributed by atoms with van der Waals surface area (Å²) in [7, 11) is -1.89. The van der Waals surface area contributed by atoms with Crippen molar-refractivity contribution in [2.24, 2.45) is 0 Å². The normalized spacial score (nSPS) is 11.3. The van der Waals surface area contributed by atoms with Gasteiger partial charge in [0.15, 0.2) is 0 Å². The number of benzene rings is 2. The molecule has 0 amide bonds. The fourth-order valence-electron chi connectivity index (χ4n) is 3.90. The number of aromatic nitrogens is 2. The maximum Gasteiger partial charge on any atom is 0.322 e. The summed E-state index contributed by atoms with van der Waals surface area (Å²) in [6.07, 6.45) is 2.84. The molecule has 2 heterocycles. The van der Waals surface area contributed by atoms with E-state index in [1.165, 1.54) is 28.3 Å². The lowest BCUT2D eigenvalue weighted by Crippen LogP contribution is -2.31. The van der Waals surface area contributed by atoms with Crippen molar-refractivity contribution in [3.05, 3.63) is 114 Å². The van der Waals surface area contributed by atoms with E-state index in [-0.39, 0.29) is 24.5 Å². The second-order valence-corrected chi connectivity index (χ2v) is 10.7. The molecular formula is C28H29N5O4S. The zero-order valence-electron chi connectivity index (χ0n) is 20.9. The molecule has 0 saturated heterocycles. The van der Waals surface area contributed by atoms with E-state index in [1.54, 1.807) is 24.3 Å². The van der Waals surface area contributed by atoms with Gasteiger partial charge >= 0.3 is 5.97 Å². The van der Waals surface area contributed by atoms with Crippen LogP contribution in [0.15, 0.2) is 102 Å². The van der Waals surface area contributed by atoms with Crippen LogP contribution >= 0.6 is 0 Å². The highest BCUT2D eigenvalue weighted by molar-refractivity contribution is 7.89. The van der Waals surface area contributed by atoms with Crippen LogP contribution in [0.25, 0.3) is 0 Å². The molecule has 0 saturated carbocycles. The van der Waals surface area contributed by atoms with Crippen LogP contribution in [0.1, 0.15) is 16.8 Å². The Bertz CT molecular complexity index is 1450. The first-order valence-electron chi connectivity index (χ1n) is 12.0. The minimum atomic E-state index is -3.90. The lowest BCUT2D eigenvalue weighted by atomic mass is 10.1. The van der Waals surface area contributed by atoms with Gasteiger partial charge < -0.3 is 15.3 Å². The number of nitrogens with zero attached hydrogens (tertiary/aromatic N) is 4. The van der Waals surface area contributed by atoms with Crippen LogP contribution in [0.2, 0.25) is 0 Å². The van der Waals surface area contributed by atoms with E-state index in [1.807, 2.05) is 49.5 Å². The average molecular weight is 532 g/mol. The predicted molar refractivity (Wildman–Crippen MR) is 146 cm³/mol. The topological polar surface area (TPSA) is 116 Å². The molecule has 2 aromatic carbocycles. The maximum atomic E-state index is 13.6. The molecule has 0 aliphatic heterocycles. The van der Waals surface area contributed by atoms with Gasteiger partial charge in [-0.15, -0.1) is 0 Å². The average Bonchev–Trinajstić information content (AvgIpc) is 2.93. The number of sulfonamides is 1. The second kappa shape index (κ2) is 12.3. The molecule has 0 atom stereocenters. The quantitative estimate of drug-likeness (QED) is 0.282. The Morgan fingerprint density at radius 2 is 1.61 bits per heavy atom. The van der Waals surface area contributed by atoms with Crippen LogP contribution in [0, 0.1) is 0 Å². The molecule has 38 heavy (non-hydrogen) atoms. The Kier molecular flexibility index (Phi) is 8.67. The van der Waals surface area contributed by atoms with Gasteiger partial charge in [0.2, 0.25) is 10.0 Å². The van der Waals surface area contributed by atoms with Crippen LogP contribution < -0.4 is 10.2 Å². The highest BCUT2D eigenvalue weighted by Gasteiger charge is 2.26. The molecule has 0 unspecified atom stereocenters. The molecule has 0 bridgehead atoms. The van der Waals surface area contributed by atoms with E-state index in [2.05, 4.69) is 32.3 Å². The van der Waals surface area contributed by atoms with E-state index >= 15 is 0 Å². The molecule has 2 N–H and O–H groups in total. The third-order valence-electron chi connectivity index (χ3n) is 5.84. The highest BCUT2D eigenvalue weighted by atomic mass is 32.2. The molecule has 4 aromatic rings. The molecule has 0 fully saturated rings. The number of carbonyl (C=O) groups is 1. The number of aliphatic carboxylic acids is 1. The zero-order valence-corrected chi connectivity index (χ0v) is 21.8. The third-order valence-corrected chi connectivity index (χ3v) is 7.61. The lowest BCUT2D eigenvalue weighted by molar-refractivity contribution is -0.134. The van der Waals surface area contributed by atoms with Crippen molar-refractivity contribution >= 4 is 27.5 Å². The van der Waals surface area contributed by atoms with E-state index in [9.17, 15) is 13.2 Å². The Labute approximate surface area is 222 Å². The van der Waals surface area contributed by atoms with Crippen molar-refractivity contribution in [1.82, 2.24) is 14.3 Å². The summed E-state index contributed by atoms with van der Waals surface area (Å²) in [6.45, 7) is 0.572. The molecule has 0 aliphatic rings. The van der Waals surface area contributed by atoms with E-state index in [0.717, 1.165) is 17.8 Å². The number of anilines is 2. The summed E-state index contributed by atoms with van der Waals surface area (Å²) in [5, 5.41) is 11.6. The molecule has 0 spiro atoms. The molecule has 0 aliphatic carbocycles. The van der Waals surface area contributed by atoms with Crippen LogP contribution in [-0.2, 0) is 34.5 Å². The van der Waals surface area contributed by atoms with Gasteiger partial charge in [0.1, 0.15) is 17.3 Å². The van der Waals surface area contributed by atoms with Crippen LogP contribution in [-0.4, -0.2) is 47.4 Å². The zero-order chi connectivity index (χ0) is 27.0. The summed E-state index contributed by atoms with van der Waals surface area (Å²) in [5.74, 6) is -0.662. The SMILES string of the molecule is CN(Cc1ccccc1)c1ccc(CN(Cc2cccc(NCC(=O)O)n2)S(=O)(=O)c2cccnc2)cc1. The third kappa shape index (κ3) is 7.15. The highest BCUT2D eigenvalue weighted by Crippen LogP contribution is 2.23. The van der Waals surface area contributed by atoms with Gasteiger partial charge in [0.05, 0.1) is 12.2 Å². The van der Waals surface area contributed by atoms with Crippen molar-refractivity contribution in [2.75, 3.05) is 23.8 Å². The minimum absolute atomic E-state index is 0.00448. The number of hydrogen-bond donors (Lipinski definition) is 2. The van der Waals surface area contributed by atoms with Crippen molar-refractivity contribution in [3.8, 4) is 0 Å². The van der Waals surface area contributed by atoms with Crippen molar-refractivity contribution in [2.45, 2.75) is 24.5 Å². The first kappa shape index (κ1) is 26.8. The molecule has 4 rings (SSSR count). The lowest BCUT2D eigenvalue weighted by Gasteiger charge is -2.23. The van der Waals surface area contributed by atoms with E-state index < -0.39 is 16.0 Å². The summed E-state index contributed by atoms with van der Waals surface area (Å²) < 4.78 is 28.5. The summed E-state index contributed by atoms with van der Waals surface area (Å²) >= 11 is 0. The standard InChI is InChI=1S/C28H29N5O4S/c1-32(19-22-7-3-2-4-8-22)25-14-12-23(13-15-25)20-33(38(36,37)26-10-6-16-29-17-26)21-24-9-5-11-27(31-24)30-18-28(34)35/h2-17H,18-21H2,1H3,(H,30,31)(H,34,35). The maximum absolute atomic E-state index is 13.6. The molecule has 10 heteroatoms. The molecule has 0 radical (unpaired) electrons. The van der Waals surface area contributed by atoms with Gasteiger partial charge in [-0.25, -0.2) is 13.4 Å². The Hall–Kier alpha value is -4.28. The molecule has 2 aromatic heterocycles. The van der Waals surface area contributed by atoms with Gasteiger partial charge in [-0.05, 0) is 47.5 Å². The number of carboxylic acids is 1. The number of carboxylic acid groups (broad SMARTS) is 1. The van der Waals surface area contributed by atoms with Gasteiger partial charge in [0.25, 0.3) is 0 Å². The molecular weight excluding hydrogens is 502 g/mol. The number of nitrogens with one attached hydrogen (secondary N) is 1. The number of rotatable bonds is 12. The summed E-state index contributed by atoms with van der Waals surface area (Å²) in [4.78, 5) is 21.5. The van der Waals surface area contributed by atoms with Gasteiger partial charge in [-0.1, -0.05) is 48.5 Å². The Balaban J connectivity index is 1.55.